The summed E-state index contributed by atoms with van der Waals surface area (Å²) in [7, 11) is -3.32. The van der Waals surface area contributed by atoms with Crippen LogP contribution in [0.15, 0.2) is 0 Å². The van der Waals surface area contributed by atoms with Gasteiger partial charge in [0.1, 0.15) is 5.25 Å². The molecule has 1 aliphatic rings. The van der Waals surface area contributed by atoms with Crippen LogP contribution in [0.2, 0.25) is 0 Å². The maximum atomic E-state index is 11.7. The van der Waals surface area contributed by atoms with Gasteiger partial charge in [0.05, 0.1) is 11.8 Å². The van der Waals surface area contributed by atoms with Crippen LogP contribution in [0, 0.1) is 0 Å². The molecule has 2 unspecified atom stereocenters. The number of hydrogen-bond donors (Lipinski definition) is 1. The minimum Gasteiger partial charge on any atom is -0.345 e. The molecule has 1 fully saturated rings. The van der Waals surface area contributed by atoms with Crippen LogP contribution in [0.5, 0.6) is 0 Å². The highest BCUT2D eigenvalue weighted by atomic mass is 32.2. The number of carbonyl (C=O) groups is 2. The molecule has 1 heterocycles. The summed E-state index contributed by atoms with van der Waals surface area (Å²) >= 11 is 0. The Balaban J connectivity index is 2.70. The van der Waals surface area contributed by atoms with Crippen molar-refractivity contribution in [3.8, 4) is 0 Å². The van der Waals surface area contributed by atoms with Crippen molar-refractivity contribution in [2.24, 2.45) is 0 Å². The first-order valence-electron chi connectivity index (χ1n) is 5.37. The molecule has 92 valence electrons. The van der Waals surface area contributed by atoms with E-state index in [1.807, 2.05) is 0 Å². The van der Waals surface area contributed by atoms with Gasteiger partial charge in [0.25, 0.3) is 0 Å². The second-order valence-corrected chi connectivity index (χ2v) is 6.50. The SMILES string of the molecule is CC(=O)C(C)NC(=O)C1CCCCS1(=O)=O. The van der Waals surface area contributed by atoms with Gasteiger partial charge in [-0.05, 0) is 26.7 Å². The number of rotatable bonds is 3. The Kier molecular flexibility index (Phi) is 4.07. The Hall–Kier alpha value is -0.910. The van der Waals surface area contributed by atoms with Crippen LogP contribution in [-0.4, -0.2) is 37.2 Å². The van der Waals surface area contributed by atoms with Crippen LogP contribution in [0.25, 0.3) is 0 Å². The zero-order valence-corrected chi connectivity index (χ0v) is 10.3. The van der Waals surface area contributed by atoms with Gasteiger partial charge in [-0.1, -0.05) is 6.42 Å². The molecule has 0 aromatic heterocycles. The Morgan fingerprint density at radius 2 is 1.94 bits per heavy atom. The fraction of sp³-hybridized carbons (Fsp3) is 0.800. The lowest BCUT2D eigenvalue weighted by Crippen LogP contribution is -2.47. The molecule has 1 aliphatic heterocycles. The van der Waals surface area contributed by atoms with Crippen LogP contribution in [0.3, 0.4) is 0 Å². The van der Waals surface area contributed by atoms with Crippen molar-refractivity contribution in [1.29, 1.82) is 0 Å². The third kappa shape index (κ3) is 3.04. The lowest BCUT2D eigenvalue weighted by Gasteiger charge is -2.22. The average molecular weight is 247 g/mol. The molecule has 16 heavy (non-hydrogen) atoms. The number of ketones is 1. The predicted octanol–water partition coefficient (Wildman–Crippen LogP) is 0.0474. The van der Waals surface area contributed by atoms with E-state index in [2.05, 4.69) is 5.32 Å². The molecule has 6 heteroatoms. The summed E-state index contributed by atoms with van der Waals surface area (Å²) in [6.07, 6.45) is 1.72. The summed E-state index contributed by atoms with van der Waals surface area (Å²) in [4.78, 5) is 22.6. The summed E-state index contributed by atoms with van der Waals surface area (Å²) in [5.74, 6) is -0.650. The third-order valence-electron chi connectivity index (χ3n) is 2.84. The topological polar surface area (TPSA) is 80.3 Å². The second-order valence-electron chi connectivity index (χ2n) is 4.19. The minimum atomic E-state index is -3.32. The van der Waals surface area contributed by atoms with Crippen LogP contribution < -0.4 is 5.32 Å². The molecule has 0 aromatic carbocycles. The van der Waals surface area contributed by atoms with Gasteiger partial charge in [0, 0.05) is 0 Å². The van der Waals surface area contributed by atoms with Gasteiger partial charge in [0.15, 0.2) is 15.6 Å². The van der Waals surface area contributed by atoms with E-state index in [-0.39, 0.29) is 11.5 Å². The third-order valence-corrected chi connectivity index (χ3v) is 5.01. The molecule has 1 amide bonds. The van der Waals surface area contributed by atoms with Crippen molar-refractivity contribution >= 4 is 21.5 Å². The monoisotopic (exact) mass is 247 g/mol. The van der Waals surface area contributed by atoms with E-state index in [4.69, 9.17) is 0 Å². The van der Waals surface area contributed by atoms with Gasteiger partial charge in [0.2, 0.25) is 5.91 Å². The van der Waals surface area contributed by atoms with Gasteiger partial charge in [-0.2, -0.15) is 0 Å². The number of amides is 1. The molecule has 0 spiro atoms. The molecular weight excluding hydrogens is 230 g/mol. The first kappa shape index (κ1) is 13.2. The van der Waals surface area contributed by atoms with Crippen molar-refractivity contribution in [3.05, 3.63) is 0 Å². The molecule has 2 atom stereocenters. The number of sulfone groups is 1. The van der Waals surface area contributed by atoms with Gasteiger partial charge in [-0.15, -0.1) is 0 Å². The van der Waals surface area contributed by atoms with Gasteiger partial charge in [-0.25, -0.2) is 8.42 Å². The molecule has 1 saturated heterocycles. The van der Waals surface area contributed by atoms with Gasteiger partial charge >= 0.3 is 0 Å². The highest BCUT2D eigenvalue weighted by Gasteiger charge is 2.35. The second kappa shape index (κ2) is 4.95. The quantitative estimate of drug-likeness (QED) is 0.764. The smallest absolute Gasteiger partial charge is 0.238 e. The van der Waals surface area contributed by atoms with Gasteiger partial charge in [-0.3, -0.25) is 9.59 Å². The Morgan fingerprint density at radius 3 is 2.44 bits per heavy atom. The first-order chi connectivity index (χ1) is 7.34. The fourth-order valence-corrected chi connectivity index (χ4v) is 3.47. The molecule has 0 aliphatic carbocycles. The normalized spacial score (nSPS) is 25.8. The zero-order chi connectivity index (χ0) is 12.3. The Bertz CT molecular complexity index is 388. The predicted molar refractivity (Wildman–Crippen MR) is 59.7 cm³/mol. The standard InChI is InChI=1S/C10H17NO4S/c1-7(8(2)12)11-10(13)9-5-3-4-6-16(9,14)15/h7,9H,3-6H2,1-2H3,(H,11,13). The van der Waals surface area contributed by atoms with E-state index in [0.29, 0.717) is 12.8 Å². The molecule has 0 bridgehead atoms. The minimum absolute atomic E-state index is 0.0690. The van der Waals surface area contributed by atoms with E-state index in [9.17, 15) is 18.0 Å². The van der Waals surface area contributed by atoms with Crippen molar-refractivity contribution in [2.75, 3.05) is 5.75 Å². The molecule has 1 N–H and O–H groups in total. The van der Waals surface area contributed by atoms with E-state index in [0.717, 1.165) is 6.42 Å². The number of carbonyl (C=O) groups excluding carboxylic acids is 2. The lowest BCUT2D eigenvalue weighted by atomic mass is 10.1. The van der Waals surface area contributed by atoms with E-state index >= 15 is 0 Å². The largest absolute Gasteiger partial charge is 0.345 e. The summed E-state index contributed by atoms with van der Waals surface area (Å²) in [6, 6.07) is -0.621. The first-order valence-corrected chi connectivity index (χ1v) is 7.08. The summed E-state index contributed by atoms with van der Waals surface area (Å²) in [5.41, 5.74) is 0. The zero-order valence-electron chi connectivity index (χ0n) is 9.52. The lowest BCUT2D eigenvalue weighted by molar-refractivity contribution is -0.126. The van der Waals surface area contributed by atoms with Gasteiger partial charge < -0.3 is 5.32 Å². The number of Topliss-reactive ketones (excluding diaryl/α,β-unsaturated/α-hetero) is 1. The van der Waals surface area contributed by atoms with Crippen LogP contribution >= 0.6 is 0 Å². The fourth-order valence-electron chi connectivity index (χ4n) is 1.66. The van der Waals surface area contributed by atoms with Crippen LogP contribution in [0.4, 0.5) is 0 Å². The van der Waals surface area contributed by atoms with E-state index in [1.165, 1.54) is 6.92 Å². The van der Waals surface area contributed by atoms with Crippen LogP contribution in [-0.2, 0) is 19.4 Å². The molecule has 0 radical (unpaired) electrons. The summed E-state index contributed by atoms with van der Waals surface area (Å²) in [5, 5.41) is 1.47. The molecule has 0 saturated carbocycles. The highest BCUT2D eigenvalue weighted by Crippen LogP contribution is 2.19. The maximum Gasteiger partial charge on any atom is 0.238 e. The van der Waals surface area contributed by atoms with Crippen LogP contribution in [0.1, 0.15) is 33.1 Å². The maximum absolute atomic E-state index is 11.7. The van der Waals surface area contributed by atoms with E-state index in [1.54, 1.807) is 6.92 Å². The van der Waals surface area contributed by atoms with E-state index < -0.39 is 27.0 Å². The van der Waals surface area contributed by atoms with Crippen molar-refractivity contribution in [2.45, 2.75) is 44.4 Å². The summed E-state index contributed by atoms with van der Waals surface area (Å²) in [6.45, 7) is 2.91. The molecule has 5 nitrogen and oxygen atoms in total. The van der Waals surface area contributed by atoms with Crippen molar-refractivity contribution < 1.29 is 18.0 Å². The Labute approximate surface area is 95.5 Å². The average Bonchev–Trinajstić information content (AvgIpc) is 2.16. The van der Waals surface area contributed by atoms with Crippen molar-refractivity contribution in [3.63, 3.8) is 0 Å². The van der Waals surface area contributed by atoms with Crippen molar-refractivity contribution in [1.82, 2.24) is 5.32 Å². The molecule has 0 aromatic rings. The number of hydrogen-bond acceptors (Lipinski definition) is 4. The molecule has 1 rings (SSSR count). The Morgan fingerprint density at radius 1 is 1.31 bits per heavy atom. The molecular formula is C10H17NO4S. The number of nitrogens with one attached hydrogen (secondary N) is 1. The summed E-state index contributed by atoms with van der Waals surface area (Å²) < 4.78 is 23.3. The highest BCUT2D eigenvalue weighted by molar-refractivity contribution is 7.92.